The van der Waals surface area contributed by atoms with Crippen LogP contribution in [0.25, 0.3) is 0 Å². The van der Waals surface area contributed by atoms with Crippen LogP contribution in [-0.2, 0) is 33.2 Å². The number of likely N-dealkylation sites (N-methyl/N-ethyl adjacent to an activating group) is 1. The summed E-state index contributed by atoms with van der Waals surface area (Å²) < 4.78 is 38.7. The highest BCUT2D eigenvalue weighted by molar-refractivity contribution is 5.67. The number of hydrogen-bond acceptors (Lipinski definition) is 9. The molecule has 7 rings (SSSR count). The average Bonchev–Trinajstić information content (AvgIpc) is 3.40. The third kappa shape index (κ3) is 2.16. The summed E-state index contributed by atoms with van der Waals surface area (Å²) in [6, 6.07) is -0.224. The maximum absolute atomic E-state index is 13.4. The van der Waals surface area contributed by atoms with Gasteiger partial charge < -0.3 is 33.5 Å². The van der Waals surface area contributed by atoms with Crippen LogP contribution < -0.4 is 0 Å². The van der Waals surface area contributed by atoms with E-state index in [0.717, 1.165) is 25.9 Å². The monoisotopic (exact) mass is 507 g/mol. The van der Waals surface area contributed by atoms with Gasteiger partial charge in [-0.2, -0.15) is 0 Å². The van der Waals surface area contributed by atoms with E-state index in [1.165, 1.54) is 6.92 Å². The molecule has 1 N–H and O–H groups in total. The van der Waals surface area contributed by atoms with Gasteiger partial charge in [0, 0.05) is 59.0 Å². The van der Waals surface area contributed by atoms with E-state index in [1.54, 1.807) is 21.3 Å². The van der Waals surface area contributed by atoms with Crippen LogP contribution in [0.2, 0.25) is 0 Å². The predicted molar refractivity (Wildman–Crippen MR) is 126 cm³/mol. The van der Waals surface area contributed by atoms with Crippen LogP contribution in [0.5, 0.6) is 0 Å². The Kier molecular flexibility index (Phi) is 4.87. The summed E-state index contributed by atoms with van der Waals surface area (Å²) in [7, 11) is 5.23. The van der Waals surface area contributed by atoms with E-state index in [0.29, 0.717) is 12.8 Å². The van der Waals surface area contributed by atoms with Gasteiger partial charge in [-0.25, -0.2) is 0 Å². The van der Waals surface area contributed by atoms with E-state index < -0.39 is 28.3 Å². The van der Waals surface area contributed by atoms with Gasteiger partial charge in [0.05, 0.1) is 35.4 Å². The zero-order chi connectivity index (χ0) is 25.5. The number of fused-ring (bicyclic) bond motifs is 1. The minimum atomic E-state index is -1.16. The highest BCUT2D eigenvalue weighted by atomic mass is 16.7. The predicted octanol–water partition coefficient (Wildman–Crippen LogP) is 1.35. The lowest BCUT2D eigenvalue weighted by Crippen LogP contribution is -2.85. The number of hydrogen-bond donors (Lipinski definition) is 1. The first-order valence-electron chi connectivity index (χ1n) is 13.7. The second-order valence-electron chi connectivity index (χ2n) is 12.9. The van der Waals surface area contributed by atoms with Crippen molar-refractivity contribution in [2.45, 2.75) is 93.7 Å². The van der Waals surface area contributed by atoms with Gasteiger partial charge in [0.2, 0.25) is 0 Å². The molecule has 7 bridgehead atoms. The van der Waals surface area contributed by atoms with Crippen LogP contribution in [0, 0.1) is 28.6 Å². The lowest BCUT2D eigenvalue weighted by molar-refractivity contribution is -0.332. The first kappa shape index (κ1) is 24.2. The Morgan fingerprint density at radius 1 is 1.11 bits per heavy atom. The third-order valence-electron chi connectivity index (χ3n) is 12.2. The largest absolute Gasteiger partial charge is 0.459 e. The van der Waals surface area contributed by atoms with Crippen molar-refractivity contribution in [3.8, 4) is 0 Å². The lowest BCUT2D eigenvalue weighted by Gasteiger charge is -2.71. The molecule has 2 heterocycles. The highest BCUT2D eigenvalue weighted by Gasteiger charge is 2.97. The Balaban J connectivity index is 1.61. The normalized spacial score (nSPS) is 60.2. The molecule has 7 aliphatic rings. The number of piperidine rings is 1. The van der Waals surface area contributed by atoms with Crippen molar-refractivity contribution < 1.29 is 38.3 Å². The van der Waals surface area contributed by atoms with Crippen molar-refractivity contribution in [3.63, 3.8) is 0 Å². The second-order valence-corrected chi connectivity index (χ2v) is 12.9. The van der Waals surface area contributed by atoms with Crippen molar-refractivity contribution in [2.24, 2.45) is 28.6 Å². The molecule has 9 nitrogen and oxygen atoms in total. The van der Waals surface area contributed by atoms with Crippen LogP contribution in [0.15, 0.2) is 0 Å². The van der Waals surface area contributed by atoms with E-state index in [9.17, 15) is 9.90 Å². The summed E-state index contributed by atoms with van der Waals surface area (Å²) >= 11 is 0. The maximum Gasteiger partial charge on any atom is 0.303 e. The van der Waals surface area contributed by atoms with E-state index in [1.807, 2.05) is 0 Å². The Hall–Kier alpha value is -0.810. The molecule has 36 heavy (non-hydrogen) atoms. The number of carbonyl (C=O) groups excluding carboxylic acids is 1. The minimum Gasteiger partial charge on any atom is -0.459 e. The van der Waals surface area contributed by atoms with Gasteiger partial charge in [0.25, 0.3) is 0 Å². The van der Waals surface area contributed by atoms with Gasteiger partial charge in [-0.05, 0) is 31.2 Å². The molecule has 0 amide bonds. The molecule has 2 saturated heterocycles. The fourth-order valence-corrected chi connectivity index (χ4v) is 11.7. The summed E-state index contributed by atoms with van der Waals surface area (Å²) in [5, 5.41) is 13.4. The van der Waals surface area contributed by atoms with Crippen molar-refractivity contribution >= 4 is 5.97 Å². The highest BCUT2D eigenvalue weighted by Crippen LogP contribution is 2.83. The maximum atomic E-state index is 13.4. The summed E-state index contributed by atoms with van der Waals surface area (Å²) in [6.45, 7) is 7.72. The molecular formula is C27H41NO8. The van der Waals surface area contributed by atoms with Crippen LogP contribution in [0.3, 0.4) is 0 Å². The van der Waals surface area contributed by atoms with Gasteiger partial charge in [-0.15, -0.1) is 0 Å². The molecule has 0 radical (unpaired) electrons. The number of ether oxygens (including phenoxy) is 6. The molecule has 0 aromatic carbocycles. The molecule has 5 saturated carbocycles. The van der Waals surface area contributed by atoms with Crippen LogP contribution >= 0.6 is 0 Å². The van der Waals surface area contributed by atoms with E-state index in [4.69, 9.17) is 28.4 Å². The van der Waals surface area contributed by atoms with Crippen molar-refractivity contribution in [1.82, 2.24) is 4.90 Å². The molecule has 0 unspecified atom stereocenters. The summed E-state index contributed by atoms with van der Waals surface area (Å²) in [5.41, 5.74) is -3.94. The molecular weight excluding hydrogens is 466 g/mol. The van der Waals surface area contributed by atoms with Gasteiger partial charge >= 0.3 is 5.97 Å². The molecule has 5 aliphatic carbocycles. The number of carbonyl (C=O) groups is 1. The van der Waals surface area contributed by atoms with Crippen LogP contribution in [-0.4, -0.2) is 104 Å². The fourth-order valence-electron chi connectivity index (χ4n) is 11.7. The minimum absolute atomic E-state index is 0.0317. The van der Waals surface area contributed by atoms with E-state index in [-0.39, 0.29) is 60.3 Å². The first-order chi connectivity index (χ1) is 17.2. The third-order valence-corrected chi connectivity index (χ3v) is 12.2. The number of nitrogens with zero attached hydrogens (tertiary/aromatic N) is 1. The van der Waals surface area contributed by atoms with Crippen molar-refractivity contribution in [1.29, 1.82) is 0 Å². The second kappa shape index (κ2) is 7.23. The van der Waals surface area contributed by atoms with Crippen LogP contribution in [0.1, 0.15) is 46.5 Å². The van der Waals surface area contributed by atoms with Gasteiger partial charge in [-0.3, -0.25) is 9.69 Å². The summed E-state index contributed by atoms with van der Waals surface area (Å²) in [4.78, 5) is 15.3. The zero-order valence-electron chi connectivity index (χ0n) is 22.3. The standard InChI is InChI=1S/C27H41NO8/c1-7-28-12-23(3)9-8-17(32-5)26-20(23)21(36-14(2)29)27(22(26)28)25(34-13-35-27)11-16(31-4)15-10-24(26,30)19(25)18(15)33-6/h15-22,30H,7-13H2,1-6H3/t15-,16+,17+,18+,19+,20-,21+,22+,23+,24+,25-,26-,27+/m1/s1. The Bertz CT molecular complexity index is 979. The Labute approximate surface area is 213 Å². The quantitative estimate of drug-likeness (QED) is 0.553. The number of likely N-dealkylation sites (tertiary alicyclic amines) is 1. The lowest BCUT2D eigenvalue weighted by atomic mass is 9.41. The van der Waals surface area contributed by atoms with Gasteiger partial charge in [0.1, 0.15) is 18.5 Å². The number of aliphatic hydroxyl groups is 1. The van der Waals surface area contributed by atoms with Crippen molar-refractivity contribution in [3.05, 3.63) is 0 Å². The number of rotatable bonds is 5. The van der Waals surface area contributed by atoms with E-state index in [2.05, 4.69) is 18.7 Å². The van der Waals surface area contributed by atoms with Crippen LogP contribution in [0.4, 0.5) is 0 Å². The smallest absolute Gasteiger partial charge is 0.303 e. The first-order valence-corrected chi connectivity index (χ1v) is 13.7. The fraction of sp³-hybridized carbons (Fsp3) is 0.963. The summed E-state index contributed by atoms with van der Waals surface area (Å²) in [5.74, 6) is -0.771. The Morgan fingerprint density at radius 2 is 1.89 bits per heavy atom. The molecule has 2 aliphatic heterocycles. The van der Waals surface area contributed by atoms with E-state index >= 15 is 0 Å². The molecule has 0 aromatic heterocycles. The number of methoxy groups -OCH3 is 3. The zero-order valence-corrected chi connectivity index (χ0v) is 22.3. The summed E-state index contributed by atoms with van der Waals surface area (Å²) in [6.07, 6.45) is 1.69. The molecule has 9 heteroatoms. The van der Waals surface area contributed by atoms with Crippen molar-refractivity contribution in [2.75, 3.05) is 41.2 Å². The molecule has 3 spiro atoms. The molecule has 13 atom stereocenters. The SMILES string of the molecule is CCN1C[C@]2(C)CC[C@H](OC)[C@]34[C@@H]2[C@H](OC(C)=O)[C@]2(OCO[C@@]25C[C@H](OC)[C@H]2C[C@]3(O)[C@@H]5[C@H]2OC)[C@@H]14. The molecule has 202 valence electrons. The average molecular weight is 508 g/mol. The molecule has 0 aromatic rings. The van der Waals surface area contributed by atoms with Gasteiger partial charge in [0.15, 0.2) is 5.60 Å². The Morgan fingerprint density at radius 3 is 2.53 bits per heavy atom. The van der Waals surface area contributed by atoms with Gasteiger partial charge in [-0.1, -0.05) is 13.8 Å². The number of esters is 1. The molecule has 7 fully saturated rings. The topological polar surface area (TPSA) is 95.9 Å².